The number of ether oxygens (including phenoxy) is 2. The average molecular weight is 357 g/mol. The molecule has 3 rings (SSSR count). The van der Waals surface area contributed by atoms with Gasteiger partial charge in [0.15, 0.2) is 12.4 Å². The number of aliphatic hydroxyl groups is 1. The fourth-order valence-electron chi connectivity index (χ4n) is 2.99. The molecule has 1 aromatic carbocycles. The lowest BCUT2D eigenvalue weighted by atomic mass is 9.97. The fraction of sp³-hybridized carbons (Fsp3) is 0.625. The largest absolute Gasteiger partial charge is 0.388 e. The summed E-state index contributed by atoms with van der Waals surface area (Å²) < 4.78 is 41.4. The predicted molar refractivity (Wildman–Crippen MR) is 85.9 cm³/mol. The summed E-state index contributed by atoms with van der Waals surface area (Å²) in [5.74, 6) is 0. The van der Waals surface area contributed by atoms with Crippen LogP contribution in [0.5, 0.6) is 0 Å². The SMILES string of the molecule is Cc1ccc(S(=O)(=O)O[C@H]2[C@@H]3OC[C@@H](O3)[C@@H](NC(C)C)[C@@H]2O)cc1. The van der Waals surface area contributed by atoms with Crippen LogP contribution in [0.2, 0.25) is 0 Å². The maximum Gasteiger partial charge on any atom is 0.297 e. The van der Waals surface area contributed by atoms with Crippen LogP contribution in [0, 0.1) is 6.92 Å². The lowest BCUT2D eigenvalue weighted by molar-refractivity contribution is -0.193. The second-order valence-corrected chi connectivity index (χ2v) is 8.11. The number of hydrogen-bond donors (Lipinski definition) is 2. The van der Waals surface area contributed by atoms with Crippen molar-refractivity contribution >= 4 is 10.1 Å². The highest BCUT2D eigenvalue weighted by atomic mass is 32.2. The Morgan fingerprint density at radius 2 is 1.96 bits per heavy atom. The molecule has 0 aromatic heterocycles. The normalized spacial score (nSPS) is 33.1. The lowest BCUT2D eigenvalue weighted by Crippen LogP contribution is -2.61. The molecule has 0 radical (unpaired) electrons. The average Bonchev–Trinajstić information content (AvgIpc) is 2.95. The van der Waals surface area contributed by atoms with E-state index in [1.54, 1.807) is 12.1 Å². The Hall–Kier alpha value is -1.03. The molecule has 0 spiro atoms. The van der Waals surface area contributed by atoms with Crippen LogP contribution in [0.15, 0.2) is 29.2 Å². The zero-order valence-corrected chi connectivity index (χ0v) is 14.7. The molecule has 2 heterocycles. The Morgan fingerprint density at radius 3 is 2.58 bits per heavy atom. The van der Waals surface area contributed by atoms with E-state index in [9.17, 15) is 13.5 Å². The van der Waals surface area contributed by atoms with Crippen LogP contribution in [0.4, 0.5) is 0 Å². The van der Waals surface area contributed by atoms with E-state index in [4.69, 9.17) is 13.7 Å². The second kappa shape index (κ2) is 6.70. The van der Waals surface area contributed by atoms with Crippen LogP contribution in [0.1, 0.15) is 19.4 Å². The second-order valence-electron chi connectivity index (χ2n) is 6.54. The number of aliphatic hydroxyl groups excluding tert-OH is 1. The van der Waals surface area contributed by atoms with Crippen molar-refractivity contribution in [2.45, 2.75) is 62.4 Å². The van der Waals surface area contributed by atoms with E-state index in [2.05, 4.69) is 5.32 Å². The Labute approximate surface area is 142 Å². The summed E-state index contributed by atoms with van der Waals surface area (Å²) in [5.41, 5.74) is 0.943. The summed E-state index contributed by atoms with van der Waals surface area (Å²) in [6.07, 6.45) is -3.39. The Bertz CT molecular complexity index is 674. The highest BCUT2D eigenvalue weighted by Gasteiger charge is 2.52. The lowest BCUT2D eigenvalue weighted by Gasteiger charge is -2.38. The van der Waals surface area contributed by atoms with Crippen molar-refractivity contribution in [3.8, 4) is 0 Å². The van der Waals surface area contributed by atoms with Gasteiger partial charge in [-0.05, 0) is 19.1 Å². The molecule has 0 amide bonds. The predicted octanol–water partition coefficient (Wildman–Crippen LogP) is 0.552. The zero-order valence-electron chi connectivity index (χ0n) is 13.9. The molecular formula is C16H23NO6S. The molecule has 7 nitrogen and oxygen atoms in total. The first-order valence-corrected chi connectivity index (χ1v) is 9.40. The zero-order chi connectivity index (χ0) is 17.5. The summed E-state index contributed by atoms with van der Waals surface area (Å²) in [7, 11) is -4.03. The first kappa shape index (κ1) is 17.8. The van der Waals surface area contributed by atoms with Gasteiger partial charge in [0.1, 0.15) is 12.2 Å². The molecule has 2 aliphatic rings. The fourth-order valence-corrected chi connectivity index (χ4v) is 4.06. The Balaban J connectivity index is 1.81. The van der Waals surface area contributed by atoms with E-state index in [1.807, 2.05) is 20.8 Å². The van der Waals surface area contributed by atoms with Gasteiger partial charge < -0.3 is 19.9 Å². The minimum absolute atomic E-state index is 0.0359. The quantitative estimate of drug-likeness (QED) is 0.743. The van der Waals surface area contributed by atoms with Gasteiger partial charge in [-0.1, -0.05) is 31.5 Å². The van der Waals surface area contributed by atoms with Gasteiger partial charge in [0, 0.05) is 6.04 Å². The van der Waals surface area contributed by atoms with Crippen LogP contribution in [-0.4, -0.2) is 56.8 Å². The number of hydrogen-bond acceptors (Lipinski definition) is 7. The molecule has 0 unspecified atom stereocenters. The van der Waals surface area contributed by atoms with Crippen LogP contribution in [0.25, 0.3) is 0 Å². The highest BCUT2D eigenvalue weighted by molar-refractivity contribution is 7.86. The van der Waals surface area contributed by atoms with Gasteiger partial charge in [0.2, 0.25) is 0 Å². The van der Waals surface area contributed by atoms with Gasteiger partial charge in [0.25, 0.3) is 10.1 Å². The van der Waals surface area contributed by atoms with Gasteiger partial charge in [-0.2, -0.15) is 8.42 Å². The topological polar surface area (TPSA) is 94.1 Å². The molecule has 134 valence electrons. The van der Waals surface area contributed by atoms with Crippen LogP contribution in [0.3, 0.4) is 0 Å². The molecule has 24 heavy (non-hydrogen) atoms. The molecular weight excluding hydrogens is 334 g/mol. The van der Waals surface area contributed by atoms with Gasteiger partial charge in [-0.25, -0.2) is 0 Å². The molecule has 1 aromatic rings. The molecule has 2 N–H and O–H groups in total. The molecule has 2 saturated heterocycles. The van der Waals surface area contributed by atoms with E-state index in [1.165, 1.54) is 12.1 Å². The molecule has 0 aliphatic carbocycles. The van der Waals surface area contributed by atoms with Crippen molar-refractivity contribution in [2.24, 2.45) is 0 Å². The molecule has 0 saturated carbocycles. The maximum absolute atomic E-state index is 12.5. The molecule has 8 heteroatoms. The van der Waals surface area contributed by atoms with Crippen molar-refractivity contribution in [3.05, 3.63) is 29.8 Å². The third kappa shape index (κ3) is 3.49. The van der Waals surface area contributed by atoms with E-state index in [0.717, 1.165) is 5.56 Å². The van der Waals surface area contributed by atoms with Crippen molar-refractivity contribution in [3.63, 3.8) is 0 Å². The summed E-state index contributed by atoms with van der Waals surface area (Å²) >= 11 is 0. The van der Waals surface area contributed by atoms with E-state index < -0.39 is 34.7 Å². The minimum atomic E-state index is -4.03. The molecule has 2 fully saturated rings. The number of benzene rings is 1. The summed E-state index contributed by atoms with van der Waals surface area (Å²) in [6.45, 7) is 6.03. The third-order valence-electron chi connectivity index (χ3n) is 4.18. The number of aryl methyl sites for hydroxylation is 1. The Kier molecular flexibility index (Phi) is 4.96. The first-order valence-electron chi connectivity index (χ1n) is 7.99. The molecule has 2 bridgehead atoms. The number of rotatable bonds is 5. The van der Waals surface area contributed by atoms with Crippen LogP contribution < -0.4 is 5.32 Å². The monoisotopic (exact) mass is 357 g/mol. The first-order chi connectivity index (χ1) is 11.3. The molecule has 5 atom stereocenters. The number of fused-ring (bicyclic) bond motifs is 2. The van der Waals surface area contributed by atoms with Crippen molar-refractivity contribution in [2.75, 3.05) is 6.61 Å². The molecule has 2 aliphatic heterocycles. The standard InChI is InChI=1S/C16H23NO6S/c1-9(2)17-13-12-8-21-16(22-12)15(14(13)18)23-24(19,20)11-6-4-10(3)5-7-11/h4-7,9,12-18H,8H2,1-3H3/t12-,13-,14+,15-,16-/m1/s1. The smallest absolute Gasteiger partial charge is 0.297 e. The van der Waals surface area contributed by atoms with Crippen molar-refractivity contribution in [1.82, 2.24) is 5.32 Å². The highest BCUT2D eigenvalue weighted by Crippen LogP contribution is 2.32. The summed E-state index contributed by atoms with van der Waals surface area (Å²) in [6, 6.07) is 5.97. The van der Waals surface area contributed by atoms with Crippen molar-refractivity contribution < 1.29 is 27.2 Å². The van der Waals surface area contributed by atoms with E-state index >= 15 is 0 Å². The van der Waals surface area contributed by atoms with E-state index in [-0.39, 0.29) is 23.6 Å². The van der Waals surface area contributed by atoms with Gasteiger partial charge in [-0.3, -0.25) is 4.18 Å². The summed E-state index contributed by atoms with van der Waals surface area (Å²) in [4.78, 5) is 0.0359. The van der Waals surface area contributed by atoms with Gasteiger partial charge >= 0.3 is 0 Å². The van der Waals surface area contributed by atoms with E-state index in [0.29, 0.717) is 0 Å². The third-order valence-corrected chi connectivity index (χ3v) is 5.51. The van der Waals surface area contributed by atoms with Crippen molar-refractivity contribution in [1.29, 1.82) is 0 Å². The maximum atomic E-state index is 12.5. The minimum Gasteiger partial charge on any atom is -0.388 e. The van der Waals surface area contributed by atoms with Gasteiger partial charge in [-0.15, -0.1) is 0 Å². The number of nitrogens with one attached hydrogen (secondary N) is 1. The van der Waals surface area contributed by atoms with Gasteiger partial charge in [0.05, 0.1) is 17.5 Å². The van der Waals surface area contributed by atoms with Crippen LogP contribution in [-0.2, 0) is 23.8 Å². The Morgan fingerprint density at radius 1 is 1.29 bits per heavy atom. The van der Waals surface area contributed by atoms with Crippen LogP contribution >= 0.6 is 0 Å². The summed E-state index contributed by atoms with van der Waals surface area (Å²) in [5, 5.41) is 13.8.